The number of hydrogen-bond donors (Lipinski definition) is 8. The summed E-state index contributed by atoms with van der Waals surface area (Å²) in [5, 5.41) is 70.0. The molecule has 9 atom stereocenters. The van der Waals surface area contributed by atoms with E-state index in [2.05, 4.69) is 5.32 Å². The summed E-state index contributed by atoms with van der Waals surface area (Å²) in [6, 6.07) is -1.20. The number of carbonyl (C=O) groups excluding carboxylic acids is 1. The molecule has 8 N–H and O–H groups in total. The predicted octanol–water partition coefficient (Wildman–Crippen LogP) is -4.59. The highest BCUT2D eigenvalue weighted by Gasteiger charge is 2.43. The van der Waals surface area contributed by atoms with E-state index in [4.69, 9.17) is 14.6 Å². The molecule has 0 spiro atoms. The smallest absolute Gasteiger partial charge is 0.217 e. The second kappa shape index (κ2) is 9.71. The Morgan fingerprint density at radius 3 is 2.24 bits per heavy atom. The topological polar surface area (TPSA) is 189 Å². The van der Waals surface area contributed by atoms with Crippen LogP contribution in [-0.4, -0.2) is 110 Å². The quantitative estimate of drug-likeness (QED) is 0.207. The summed E-state index contributed by atoms with van der Waals surface area (Å²) in [5.74, 6) is -0.545. The van der Waals surface area contributed by atoms with Crippen molar-refractivity contribution in [2.45, 2.75) is 68.9 Å². The lowest BCUT2D eigenvalue weighted by Crippen LogP contribution is -2.58. The first-order chi connectivity index (χ1) is 11.6. The molecule has 0 aromatic carbocycles. The Hall–Kier alpha value is -0.890. The van der Waals surface area contributed by atoms with E-state index in [1.807, 2.05) is 0 Å². The fourth-order valence-electron chi connectivity index (χ4n) is 2.41. The van der Waals surface area contributed by atoms with Gasteiger partial charge in [0, 0.05) is 6.92 Å². The van der Waals surface area contributed by atoms with Gasteiger partial charge in [0.1, 0.15) is 36.6 Å². The van der Waals surface area contributed by atoms with Crippen LogP contribution in [0.3, 0.4) is 0 Å². The molecule has 0 aromatic rings. The molecule has 0 unspecified atom stereocenters. The Bertz CT molecular complexity index is 424. The molecular formula is C14H27NO10. The molecule has 0 aliphatic carbocycles. The molecule has 1 aliphatic rings. The van der Waals surface area contributed by atoms with Crippen LogP contribution in [0, 0.1) is 0 Å². The molecule has 1 saturated heterocycles. The second-order valence-corrected chi connectivity index (χ2v) is 6.05. The number of nitrogens with one attached hydrogen (secondary N) is 1. The van der Waals surface area contributed by atoms with Gasteiger partial charge in [-0.25, -0.2) is 0 Å². The lowest BCUT2D eigenvalue weighted by molar-refractivity contribution is -0.299. The van der Waals surface area contributed by atoms with Crippen LogP contribution in [0.5, 0.6) is 0 Å². The lowest BCUT2D eigenvalue weighted by atomic mass is 10.00. The summed E-state index contributed by atoms with van der Waals surface area (Å²) in [4.78, 5) is 11.0. The molecule has 148 valence electrons. The number of hydrogen-bond acceptors (Lipinski definition) is 10. The predicted molar refractivity (Wildman–Crippen MR) is 81.0 cm³/mol. The molecule has 0 bridgehead atoms. The maximum atomic E-state index is 11.0. The molecule has 0 radical (unpaired) electrons. The number of carbonyl (C=O) groups is 1. The highest BCUT2D eigenvalue weighted by molar-refractivity contribution is 5.73. The fourth-order valence-corrected chi connectivity index (χ4v) is 2.41. The molecule has 1 amide bonds. The van der Waals surface area contributed by atoms with Crippen molar-refractivity contribution < 1.29 is 50.0 Å². The van der Waals surface area contributed by atoms with Gasteiger partial charge in [-0.15, -0.1) is 0 Å². The largest absolute Gasteiger partial charge is 0.394 e. The fraction of sp³-hybridized carbons (Fsp3) is 0.929. The molecule has 0 aromatic heterocycles. The van der Waals surface area contributed by atoms with Crippen molar-refractivity contribution in [3.63, 3.8) is 0 Å². The molecule has 1 aliphatic heterocycles. The van der Waals surface area contributed by atoms with Gasteiger partial charge in [-0.05, 0) is 6.92 Å². The minimum absolute atomic E-state index is 0.545. The van der Waals surface area contributed by atoms with Crippen molar-refractivity contribution in [1.82, 2.24) is 5.32 Å². The van der Waals surface area contributed by atoms with Gasteiger partial charge >= 0.3 is 0 Å². The van der Waals surface area contributed by atoms with E-state index in [-0.39, 0.29) is 0 Å². The maximum Gasteiger partial charge on any atom is 0.217 e. The molecule has 0 saturated carbocycles. The number of aliphatic hydroxyl groups excluding tert-OH is 7. The molecule has 1 heterocycles. The van der Waals surface area contributed by atoms with Gasteiger partial charge in [-0.1, -0.05) is 0 Å². The highest BCUT2D eigenvalue weighted by atomic mass is 16.7. The van der Waals surface area contributed by atoms with E-state index in [0.29, 0.717) is 0 Å². The van der Waals surface area contributed by atoms with Crippen LogP contribution in [0.2, 0.25) is 0 Å². The van der Waals surface area contributed by atoms with E-state index in [1.54, 1.807) is 0 Å². The van der Waals surface area contributed by atoms with Gasteiger partial charge in [-0.2, -0.15) is 0 Å². The SMILES string of the molecule is CC(=O)N[C@@H](CO)[C@@H](O)[C@H](O)[C@H](O)CO[C@@H]1O[C@@H](C)[C@@H](O)[C@@H](O)[C@@H]1O. The summed E-state index contributed by atoms with van der Waals surface area (Å²) in [6.07, 6.45) is -11.7. The van der Waals surface area contributed by atoms with Crippen LogP contribution in [0.25, 0.3) is 0 Å². The normalized spacial score (nSPS) is 34.8. The van der Waals surface area contributed by atoms with E-state index < -0.39 is 74.2 Å². The van der Waals surface area contributed by atoms with Crippen LogP contribution in [0.15, 0.2) is 0 Å². The first-order valence-electron chi connectivity index (χ1n) is 7.83. The van der Waals surface area contributed by atoms with E-state index in [0.717, 1.165) is 6.92 Å². The van der Waals surface area contributed by atoms with Gasteiger partial charge in [0.2, 0.25) is 5.91 Å². The Morgan fingerprint density at radius 1 is 1.12 bits per heavy atom. The second-order valence-electron chi connectivity index (χ2n) is 6.05. The van der Waals surface area contributed by atoms with Crippen molar-refractivity contribution in [1.29, 1.82) is 0 Å². The van der Waals surface area contributed by atoms with Crippen LogP contribution in [0.1, 0.15) is 13.8 Å². The minimum atomic E-state index is -1.78. The first kappa shape index (κ1) is 22.2. The Kier molecular flexibility index (Phi) is 8.60. The summed E-state index contributed by atoms with van der Waals surface area (Å²) in [6.45, 7) is 1.35. The van der Waals surface area contributed by atoms with Crippen molar-refractivity contribution in [2.24, 2.45) is 0 Å². The molecule has 25 heavy (non-hydrogen) atoms. The third kappa shape index (κ3) is 5.81. The third-order valence-corrected chi connectivity index (χ3v) is 3.98. The Balaban J connectivity index is 2.57. The lowest BCUT2D eigenvalue weighted by Gasteiger charge is -2.39. The standard InChI is InChI=1S/C14H27NO10/c1-5-9(19)12(22)13(23)14(25-5)24-4-8(18)11(21)10(20)7(3-16)15-6(2)17/h5,7-14,16,18-23H,3-4H2,1-2H3,(H,15,17)/t5-,7-,8+,9+,10+,11+,12+,13-,14+/m0/s1. The number of ether oxygens (including phenoxy) is 2. The number of rotatable bonds is 8. The minimum Gasteiger partial charge on any atom is -0.394 e. The summed E-state index contributed by atoms with van der Waals surface area (Å²) in [7, 11) is 0. The molecular weight excluding hydrogens is 342 g/mol. The van der Waals surface area contributed by atoms with Gasteiger partial charge in [0.05, 0.1) is 25.4 Å². The van der Waals surface area contributed by atoms with Crippen molar-refractivity contribution in [3.05, 3.63) is 0 Å². The third-order valence-electron chi connectivity index (χ3n) is 3.98. The van der Waals surface area contributed by atoms with Crippen LogP contribution < -0.4 is 5.32 Å². The van der Waals surface area contributed by atoms with Crippen molar-refractivity contribution in [3.8, 4) is 0 Å². The average molecular weight is 369 g/mol. The van der Waals surface area contributed by atoms with Crippen LogP contribution in [-0.2, 0) is 14.3 Å². The summed E-state index contributed by atoms with van der Waals surface area (Å²) < 4.78 is 10.3. The van der Waals surface area contributed by atoms with Gasteiger partial charge in [0.25, 0.3) is 0 Å². The molecule has 11 heteroatoms. The molecule has 11 nitrogen and oxygen atoms in total. The zero-order valence-electron chi connectivity index (χ0n) is 14.0. The van der Waals surface area contributed by atoms with Gasteiger partial charge in [0.15, 0.2) is 6.29 Å². The Labute approximate surface area is 144 Å². The van der Waals surface area contributed by atoms with Gasteiger partial charge in [-0.3, -0.25) is 4.79 Å². The number of aliphatic hydroxyl groups is 7. The Morgan fingerprint density at radius 2 is 1.72 bits per heavy atom. The molecule has 1 rings (SSSR count). The van der Waals surface area contributed by atoms with E-state index in [1.165, 1.54) is 6.92 Å². The average Bonchev–Trinajstić information content (AvgIpc) is 2.57. The summed E-state index contributed by atoms with van der Waals surface area (Å²) >= 11 is 0. The zero-order chi connectivity index (χ0) is 19.3. The number of amides is 1. The van der Waals surface area contributed by atoms with Crippen molar-refractivity contribution in [2.75, 3.05) is 13.2 Å². The zero-order valence-corrected chi connectivity index (χ0v) is 14.0. The van der Waals surface area contributed by atoms with E-state index >= 15 is 0 Å². The molecule has 1 fully saturated rings. The summed E-state index contributed by atoms with van der Waals surface area (Å²) in [5.41, 5.74) is 0. The first-order valence-corrected chi connectivity index (χ1v) is 7.83. The maximum absolute atomic E-state index is 11.0. The highest BCUT2D eigenvalue weighted by Crippen LogP contribution is 2.22. The monoisotopic (exact) mass is 369 g/mol. The van der Waals surface area contributed by atoms with Crippen LogP contribution >= 0.6 is 0 Å². The van der Waals surface area contributed by atoms with Crippen molar-refractivity contribution >= 4 is 5.91 Å². The van der Waals surface area contributed by atoms with Gasteiger partial charge < -0.3 is 50.5 Å². The van der Waals surface area contributed by atoms with E-state index in [9.17, 15) is 35.4 Å². The van der Waals surface area contributed by atoms with Crippen LogP contribution in [0.4, 0.5) is 0 Å².